The van der Waals surface area contributed by atoms with Crippen molar-refractivity contribution in [3.8, 4) is 17.2 Å². The van der Waals surface area contributed by atoms with Gasteiger partial charge < -0.3 is 19.1 Å². The van der Waals surface area contributed by atoms with Crippen molar-refractivity contribution in [3.05, 3.63) is 47.5 Å². The summed E-state index contributed by atoms with van der Waals surface area (Å²) in [5, 5.41) is 0. The Morgan fingerprint density at radius 2 is 1.67 bits per heavy atom. The fraction of sp³-hybridized carbons (Fsp3) is 0.391. The normalized spacial score (nSPS) is 18.0. The van der Waals surface area contributed by atoms with E-state index in [-0.39, 0.29) is 24.4 Å². The van der Waals surface area contributed by atoms with Gasteiger partial charge in [-0.2, -0.15) is 0 Å². The molecular formula is C23H26N2O5. The molecule has 2 aromatic carbocycles. The third-order valence-corrected chi connectivity index (χ3v) is 5.55. The van der Waals surface area contributed by atoms with Crippen LogP contribution in [0.25, 0.3) is 0 Å². The van der Waals surface area contributed by atoms with E-state index in [0.717, 1.165) is 11.1 Å². The summed E-state index contributed by atoms with van der Waals surface area (Å²) < 4.78 is 16.7. The number of urea groups is 1. The van der Waals surface area contributed by atoms with Crippen LogP contribution in [0, 0.1) is 0 Å². The summed E-state index contributed by atoms with van der Waals surface area (Å²) in [5.74, 6) is 1.82. The van der Waals surface area contributed by atoms with Crippen molar-refractivity contribution < 1.29 is 23.8 Å². The van der Waals surface area contributed by atoms with E-state index in [0.29, 0.717) is 49.1 Å². The molecule has 0 aromatic heterocycles. The number of carbonyl (C=O) groups is 2. The third kappa shape index (κ3) is 3.44. The van der Waals surface area contributed by atoms with Gasteiger partial charge >= 0.3 is 6.03 Å². The molecule has 2 heterocycles. The molecule has 0 radical (unpaired) electrons. The molecule has 0 spiro atoms. The average Bonchev–Trinajstić information content (AvgIpc) is 2.75. The van der Waals surface area contributed by atoms with Gasteiger partial charge in [-0.25, -0.2) is 9.69 Å². The second-order valence-electron chi connectivity index (χ2n) is 7.24. The quantitative estimate of drug-likeness (QED) is 0.721. The lowest BCUT2D eigenvalue weighted by atomic mass is 9.88. The predicted octanol–water partition coefficient (Wildman–Crippen LogP) is 3.95. The lowest BCUT2D eigenvalue weighted by Crippen LogP contribution is -2.55. The van der Waals surface area contributed by atoms with Gasteiger partial charge in [0, 0.05) is 6.54 Å². The Kier molecular flexibility index (Phi) is 5.53. The van der Waals surface area contributed by atoms with Crippen LogP contribution >= 0.6 is 0 Å². The number of carbonyl (C=O) groups excluding carboxylic acids is 2. The fourth-order valence-corrected chi connectivity index (χ4v) is 4.17. The summed E-state index contributed by atoms with van der Waals surface area (Å²) in [6.07, 6.45) is 0.930. The highest BCUT2D eigenvalue weighted by Gasteiger charge is 2.43. The number of hydrogen-bond acceptors (Lipinski definition) is 5. The molecule has 2 aliphatic rings. The van der Waals surface area contributed by atoms with Gasteiger partial charge in [-0.3, -0.25) is 4.79 Å². The Balaban J connectivity index is 1.67. The van der Waals surface area contributed by atoms with E-state index in [9.17, 15) is 9.59 Å². The van der Waals surface area contributed by atoms with Gasteiger partial charge in [0.2, 0.25) is 5.91 Å². The summed E-state index contributed by atoms with van der Waals surface area (Å²) in [7, 11) is 1.58. The number of anilines is 1. The minimum atomic E-state index is -0.293. The minimum Gasteiger partial charge on any atom is -0.497 e. The van der Waals surface area contributed by atoms with Crippen LogP contribution in [0.3, 0.4) is 0 Å². The molecule has 0 unspecified atom stereocenters. The van der Waals surface area contributed by atoms with Crippen molar-refractivity contribution in [3.63, 3.8) is 0 Å². The maximum atomic E-state index is 13.3. The lowest BCUT2D eigenvalue weighted by molar-refractivity contribution is -0.120. The monoisotopic (exact) mass is 410 g/mol. The zero-order chi connectivity index (χ0) is 21.3. The second kappa shape index (κ2) is 8.26. The first-order chi connectivity index (χ1) is 14.6. The van der Waals surface area contributed by atoms with E-state index < -0.39 is 0 Å². The molecule has 30 heavy (non-hydrogen) atoms. The number of imide groups is 1. The molecule has 0 aliphatic carbocycles. The average molecular weight is 410 g/mol. The van der Waals surface area contributed by atoms with Crippen LogP contribution < -0.4 is 19.1 Å². The molecular weight excluding hydrogens is 384 g/mol. The van der Waals surface area contributed by atoms with Crippen molar-refractivity contribution in [2.75, 3.05) is 31.8 Å². The first kappa shape index (κ1) is 20.1. The Morgan fingerprint density at radius 3 is 2.30 bits per heavy atom. The van der Waals surface area contributed by atoms with E-state index in [1.807, 2.05) is 26.0 Å². The number of rotatable bonds is 6. The largest absolute Gasteiger partial charge is 0.497 e. The Morgan fingerprint density at radius 1 is 1.00 bits per heavy atom. The van der Waals surface area contributed by atoms with Crippen LogP contribution in [0.1, 0.15) is 37.4 Å². The molecule has 0 bridgehead atoms. The van der Waals surface area contributed by atoms with Crippen molar-refractivity contribution in [2.24, 2.45) is 0 Å². The highest BCUT2D eigenvalue weighted by molar-refractivity contribution is 6.16. The molecule has 1 atom stereocenters. The molecule has 2 aromatic rings. The SMILES string of the molecule is CCOc1cc2c(cc1OCC)[C@@H]1CC(=O)N(c3ccc(OC)cc3)C(=O)N1CC2. The number of methoxy groups -OCH3 is 1. The summed E-state index contributed by atoms with van der Waals surface area (Å²) in [6, 6.07) is 10.3. The van der Waals surface area contributed by atoms with Gasteiger partial charge in [-0.15, -0.1) is 0 Å². The van der Waals surface area contributed by atoms with Crippen molar-refractivity contribution in [1.82, 2.24) is 4.90 Å². The first-order valence-corrected chi connectivity index (χ1v) is 10.3. The molecule has 0 saturated carbocycles. The maximum absolute atomic E-state index is 13.3. The highest BCUT2D eigenvalue weighted by Crippen LogP contribution is 2.42. The number of hydrogen-bond donors (Lipinski definition) is 0. The highest BCUT2D eigenvalue weighted by atomic mass is 16.5. The molecule has 1 saturated heterocycles. The molecule has 2 aliphatic heterocycles. The topological polar surface area (TPSA) is 68.3 Å². The van der Waals surface area contributed by atoms with Crippen LogP contribution in [0.5, 0.6) is 17.2 Å². The Labute approximate surface area is 176 Å². The summed E-state index contributed by atoms with van der Waals surface area (Å²) >= 11 is 0. The van der Waals surface area contributed by atoms with Crippen molar-refractivity contribution >= 4 is 17.6 Å². The maximum Gasteiger partial charge on any atom is 0.331 e. The van der Waals surface area contributed by atoms with Crippen LogP contribution in [-0.4, -0.2) is 43.7 Å². The summed E-state index contributed by atoms with van der Waals surface area (Å²) in [5.41, 5.74) is 2.61. The zero-order valence-corrected chi connectivity index (χ0v) is 17.5. The van der Waals surface area contributed by atoms with Crippen molar-refractivity contribution in [1.29, 1.82) is 0 Å². The van der Waals surface area contributed by atoms with Gasteiger partial charge in [-0.1, -0.05) is 0 Å². The molecule has 158 valence electrons. The zero-order valence-electron chi connectivity index (χ0n) is 17.5. The summed E-state index contributed by atoms with van der Waals surface area (Å²) in [6.45, 7) is 5.46. The smallest absolute Gasteiger partial charge is 0.331 e. The molecule has 4 rings (SSSR count). The first-order valence-electron chi connectivity index (χ1n) is 10.3. The van der Waals surface area contributed by atoms with Gasteiger partial charge in [-0.05, 0) is 67.8 Å². The van der Waals surface area contributed by atoms with Crippen LogP contribution in [-0.2, 0) is 11.2 Å². The number of fused-ring (bicyclic) bond motifs is 3. The second-order valence-corrected chi connectivity index (χ2v) is 7.24. The predicted molar refractivity (Wildman–Crippen MR) is 112 cm³/mol. The lowest BCUT2D eigenvalue weighted by Gasteiger charge is -2.43. The van der Waals surface area contributed by atoms with Gasteiger partial charge in [0.1, 0.15) is 5.75 Å². The summed E-state index contributed by atoms with van der Waals surface area (Å²) in [4.78, 5) is 29.3. The third-order valence-electron chi connectivity index (χ3n) is 5.55. The fourth-order valence-electron chi connectivity index (χ4n) is 4.17. The molecule has 3 amide bonds. The molecule has 7 nitrogen and oxygen atoms in total. The van der Waals surface area contributed by atoms with E-state index in [4.69, 9.17) is 14.2 Å². The van der Waals surface area contributed by atoms with Crippen LogP contribution in [0.15, 0.2) is 36.4 Å². The minimum absolute atomic E-state index is 0.217. The van der Waals surface area contributed by atoms with E-state index >= 15 is 0 Å². The Hall–Kier alpha value is -3.22. The van der Waals surface area contributed by atoms with E-state index in [2.05, 4.69) is 0 Å². The number of benzene rings is 2. The number of nitrogens with zero attached hydrogens (tertiary/aromatic N) is 2. The van der Waals surface area contributed by atoms with E-state index in [1.54, 1.807) is 36.3 Å². The van der Waals surface area contributed by atoms with Crippen LogP contribution in [0.4, 0.5) is 10.5 Å². The number of ether oxygens (including phenoxy) is 3. The van der Waals surface area contributed by atoms with Crippen molar-refractivity contribution in [2.45, 2.75) is 32.7 Å². The van der Waals surface area contributed by atoms with Gasteiger partial charge in [0.05, 0.1) is 38.5 Å². The molecule has 1 fully saturated rings. The molecule has 7 heteroatoms. The van der Waals surface area contributed by atoms with Gasteiger partial charge in [0.15, 0.2) is 11.5 Å². The standard InChI is InChI=1S/C23H26N2O5/c1-4-29-20-12-15-10-11-24-19(18(15)13-21(20)30-5-2)14-22(26)25(23(24)27)16-6-8-17(28-3)9-7-16/h6-9,12-13,19H,4-5,10-11,14H2,1-3H3/t19-/m0/s1. The number of amides is 3. The molecule has 0 N–H and O–H groups in total. The van der Waals surface area contributed by atoms with Gasteiger partial charge in [0.25, 0.3) is 0 Å². The Bertz CT molecular complexity index is 957. The van der Waals surface area contributed by atoms with Crippen LogP contribution in [0.2, 0.25) is 0 Å². The van der Waals surface area contributed by atoms with E-state index in [1.165, 1.54) is 4.90 Å².